The van der Waals surface area contributed by atoms with Gasteiger partial charge in [-0.25, -0.2) is 8.78 Å². The van der Waals surface area contributed by atoms with Gasteiger partial charge < -0.3 is 5.73 Å². The van der Waals surface area contributed by atoms with E-state index in [-0.39, 0.29) is 12.1 Å². The highest BCUT2D eigenvalue weighted by Crippen LogP contribution is 2.00. The van der Waals surface area contributed by atoms with Gasteiger partial charge in [0, 0.05) is 6.42 Å². The Morgan fingerprint density at radius 1 is 1.80 bits per heavy atom. The van der Waals surface area contributed by atoms with Gasteiger partial charge in [0.2, 0.25) is 0 Å². The average Bonchev–Trinajstić information content (AvgIpc) is 1.99. The zero-order chi connectivity index (χ0) is 7.98. The molecule has 0 fully saturated rings. The van der Waals surface area contributed by atoms with Crippen LogP contribution in [0, 0.1) is 12.3 Å². The standard InChI is InChI=1S/C7H9F2N/c1-2-7(10)4-3-6(9)5-8/h1,4,6H,3,5,10H2/b7-4+. The summed E-state index contributed by atoms with van der Waals surface area (Å²) >= 11 is 0. The van der Waals surface area contributed by atoms with Gasteiger partial charge in [0.15, 0.2) is 0 Å². The van der Waals surface area contributed by atoms with Crippen LogP contribution in [0.1, 0.15) is 6.42 Å². The number of rotatable bonds is 3. The Morgan fingerprint density at radius 3 is 2.80 bits per heavy atom. The van der Waals surface area contributed by atoms with Crippen molar-refractivity contribution in [1.29, 1.82) is 0 Å². The molecule has 3 heteroatoms. The molecule has 2 N–H and O–H groups in total. The molecule has 0 bridgehead atoms. The van der Waals surface area contributed by atoms with Crippen molar-refractivity contribution >= 4 is 0 Å². The lowest BCUT2D eigenvalue weighted by molar-refractivity contribution is 0.263. The fourth-order valence-corrected chi connectivity index (χ4v) is 0.377. The molecule has 0 aromatic heterocycles. The molecule has 0 aromatic rings. The molecule has 0 aliphatic carbocycles. The Hall–Kier alpha value is -1.04. The summed E-state index contributed by atoms with van der Waals surface area (Å²) in [6, 6.07) is 0. The predicted octanol–water partition coefficient (Wildman–Crippen LogP) is 1.16. The molecule has 0 saturated carbocycles. The van der Waals surface area contributed by atoms with E-state index in [0.29, 0.717) is 0 Å². The third-order valence-corrected chi connectivity index (χ3v) is 0.928. The van der Waals surface area contributed by atoms with Gasteiger partial charge in [-0.2, -0.15) is 0 Å². The van der Waals surface area contributed by atoms with Gasteiger partial charge in [-0.05, 0) is 6.08 Å². The maximum absolute atomic E-state index is 12.1. The maximum atomic E-state index is 12.1. The number of allylic oxidation sites excluding steroid dienone is 2. The maximum Gasteiger partial charge on any atom is 0.132 e. The van der Waals surface area contributed by atoms with E-state index in [1.54, 1.807) is 0 Å². The van der Waals surface area contributed by atoms with Gasteiger partial charge >= 0.3 is 0 Å². The molecule has 1 nitrogen and oxygen atoms in total. The molecule has 0 radical (unpaired) electrons. The summed E-state index contributed by atoms with van der Waals surface area (Å²) in [4.78, 5) is 0. The summed E-state index contributed by atoms with van der Waals surface area (Å²) in [5, 5.41) is 0. The monoisotopic (exact) mass is 145 g/mol. The summed E-state index contributed by atoms with van der Waals surface area (Å²) in [7, 11) is 0. The number of terminal acetylenes is 1. The lowest BCUT2D eigenvalue weighted by Gasteiger charge is -1.96. The smallest absolute Gasteiger partial charge is 0.132 e. The molecular formula is C7H9F2N. The summed E-state index contributed by atoms with van der Waals surface area (Å²) in [5.74, 6) is 2.09. The van der Waals surface area contributed by atoms with Gasteiger partial charge in [0.05, 0.1) is 5.70 Å². The number of hydrogen-bond acceptors (Lipinski definition) is 1. The van der Waals surface area contributed by atoms with Crippen LogP contribution in [0.5, 0.6) is 0 Å². The second-order valence-electron chi connectivity index (χ2n) is 1.79. The highest BCUT2D eigenvalue weighted by atomic mass is 19.2. The van der Waals surface area contributed by atoms with E-state index in [1.807, 2.05) is 0 Å². The molecule has 1 unspecified atom stereocenters. The summed E-state index contributed by atoms with van der Waals surface area (Å²) < 4.78 is 23.5. The molecule has 1 atom stereocenters. The van der Waals surface area contributed by atoms with Crippen molar-refractivity contribution in [3.8, 4) is 12.3 Å². The van der Waals surface area contributed by atoms with Gasteiger partial charge in [0.1, 0.15) is 12.8 Å². The normalized spacial score (nSPS) is 14.3. The van der Waals surface area contributed by atoms with Crippen LogP contribution >= 0.6 is 0 Å². The Labute approximate surface area is 58.9 Å². The van der Waals surface area contributed by atoms with Gasteiger partial charge in [-0.15, -0.1) is 6.42 Å². The van der Waals surface area contributed by atoms with Crippen molar-refractivity contribution in [2.45, 2.75) is 12.6 Å². The molecule has 0 aromatic carbocycles. The lowest BCUT2D eigenvalue weighted by atomic mass is 10.2. The minimum Gasteiger partial charge on any atom is -0.392 e. The first-order valence-electron chi connectivity index (χ1n) is 2.83. The first-order chi connectivity index (χ1) is 4.70. The molecule has 0 amide bonds. The van der Waals surface area contributed by atoms with Crippen molar-refractivity contribution in [2.75, 3.05) is 6.67 Å². The number of halogens is 2. The SMILES string of the molecule is C#C/C(N)=C\CC(F)CF. The molecule has 0 spiro atoms. The van der Waals surface area contributed by atoms with Crippen molar-refractivity contribution in [3.05, 3.63) is 11.8 Å². The molecule has 56 valence electrons. The van der Waals surface area contributed by atoms with Crippen molar-refractivity contribution < 1.29 is 8.78 Å². The van der Waals surface area contributed by atoms with E-state index >= 15 is 0 Å². The zero-order valence-corrected chi connectivity index (χ0v) is 5.48. The Balaban J connectivity index is 3.63. The van der Waals surface area contributed by atoms with Crippen LogP contribution in [0.4, 0.5) is 8.78 Å². The third kappa shape index (κ3) is 3.90. The van der Waals surface area contributed by atoms with Crippen LogP contribution in [0.25, 0.3) is 0 Å². The minimum absolute atomic E-state index is 0.0491. The Kier molecular flexibility index (Phi) is 4.30. The summed E-state index contributed by atoms with van der Waals surface area (Å²) in [6.07, 6.45) is 4.61. The lowest BCUT2D eigenvalue weighted by Crippen LogP contribution is -2.02. The van der Waals surface area contributed by atoms with Crippen LogP contribution in [0.3, 0.4) is 0 Å². The van der Waals surface area contributed by atoms with Gasteiger partial charge in [-0.3, -0.25) is 0 Å². The molecule has 0 aliphatic rings. The van der Waals surface area contributed by atoms with E-state index in [0.717, 1.165) is 0 Å². The van der Waals surface area contributed by atoms with Gasteiger partial charge in [-0.1, -0.05) is 5.92 Å². The fraction of sp³-hybridized carbons (Fsp3) is 0.429. The molecule has 0 heterocycles. The van der Waals surface area contributed by atoms with E-state index < -0.39 is 12.8 Å². The topological polar surface area (TPSA) is 26.0 Å². The number of alkyl halides is 2. The Bertz CT molecular complexity index is 157. The van der Waals surface area contributed by atoms with E-state index in [2.05, 4.69) is 5.92 Å². The van der Waals surface area contributed by atoms with Crippen molar-refractivity contribution in [3.63, 3.8) is 0 Å². The average molecular weight is 145 g/mol. The fourth-order valence-electron chi connectivity index (χ4n) is 0.377. The van der Waals surface area contributed by atoms with Crippen molar-refractivity contribution in [1.82, 2.24) is 0 Å². The first kappa shape index (κ1) is 8.96. The Morgan fingerprint density at radius 2 is 2.40 bits per heavy atom. The van der Waals surface area contributed by atoms with Crippen LogP contribution < -0.4 is 5.73 Å². The second-order valence-corrected chi connectivity index (χ2v) is 1.79. The zero-order valence-electron chi connectivity index (χ0n) is 5.48. The number of hydrogen-bond donors (Lipinski definition) is 1. The third-order valence-electron chi connectivity index (χ3n) is 0.928. The predicted molar refractivity (Wildman–Crippen MR) is 36.6 cm³/mol. The first-order valence-corrected chi connectivity index (χ1v) is 2.83. The van der Waals surface area contributed by atoms with Crippen LogP contribution in [-0.2, 0) is 0 Å². The largest absolute Gasteiger partial charge is 0.392 e. The van der Waals surface area contributed by atoms with Gasteiger partial charge in [0.25, 0.3) is 0 Å². The van der Waals surface area contributed by atoms with Crippen LogP contribution in [0.2, 0.25) is 0 Å². The molecule has 0 saturated heterocycles. The number of nitrogens with two attached hydrogens (primary N) is 1. The molecule has 0 rings (SSSR count). The van der Waals surface area contributed by atoms with Crippen LogP contribution in [0.15, 0.2) is 11.8 Å². The molecular weight excluding hydrogens is 136 g/mol. The highest BCUT2D eigenvalue weighted by molar-refractivity contribution is 5.21. The molecule has 0 aliphatic heterocycles. The van der Waals surface area contributed by atoms with Crippen molar-refractivity contribution in [2.24, 2.45) is 5.73 Å². The van der Waals surface area contributed by atoms with Crippen LogP contribution in [-0.4, -0.2) is 12.8 Å². The van der Waals surface area contributed by atoms with E-state index in [4.69, 9.17) is 12.2 Å². The summed E-state index contributed by atoms with van der Waals surface area (Å²) in [6.45, 7) is -0.992. The second kappa shape index (κ2) is 4.80. The van der Waals surface area contributed by atoms with E-state index in [9.17, 15) is 8.78 Å². The highest BCUT2D eigenvalue weighted by Gasteiger charge is 2.01. The quantitative estimate of drug-likeness (QED) is 0.592. The van der Waals surface area contributed by atoms with E-state index in [1.165, 1.54) is 6.08 Å². The summed E-state index contributed by atoms with van der Waals surface area (Å²) in [5.41, 5.74) is 5.26. The molecule has 10 heavy (non-hydrogen) atoms. The minimum atomic E-state index is -1.48.